The summed E-state index contributed by atoms with van der Waals surface area (Å²) in [5.74, 6) is 1.17. The first-order valence-electron chi connectivity index (χ1n) is 9.40. The third kappa shape index (κ3) is 10.7. The molecule has 0 aliphatic carbocycles. The van der Waals surface area contributed by atoms with Gasteiger partial charge in [-0.3, -0.25) is 4.90 Å². The largest absolute Gasteiger partial charge is 0.484 e. The molecule has 1 aromatic carbocycles. The lowest BCUT2D eigenvalue weighted by molar-refractivity contribution is -0.153. The lowest BCUT2D eigenvalue weighted by Crippen LogP contribution is -2.45. The molecular weight excluding hydrogens is 536 g/mol. The molecule has 2 rings (SSSR count). The summed E-state index contributed by atoms with van der Waals surface area (Å²) in [6.07, 6.45) is -4.36. The first kappa shape index (κ1) is 26.8. The third-order valence-electron chi connectivity index (χ3n) is 4.25. The molecule has 0 amide bonds. The van der Waals surface area contributed by atoms with E-state index in [1.165, 1.54) is 12.1 Å². The Bertz CT molecular complexity index is 760. The summed E-state index contributed by atoms with van der Waals surface area (Å²) in [4.78, 5) is 6.56. The highest BCUT2D eigenvalue weighted by Gasteiger charge is 2.28. The summed E-state index contributed by atoms with van der Waals surface area (Å²) in [7, 11) is -2.88. The van der Waals surface area contributed by atoms with E-state index < -0.39 is 22.6 Å². The fourth-order valence-electron chi connectivity index (χ4n) is 2.67. The van der Waals surface area contributed by atoms with Gasteiger partial charge in [-0.25, -0.2) is 13.4 Å². The van der Waals surface area contributed by atoms with Gasteiger partial charge in [-0.05, 0) is 24.6 Å². The van der Waals surface area contributed by atoms with Crippen molar-refractivity contribution in [3.8, 4) is 5.75 Å². The van der Waals surface area contributed by atoms with Crippen LogP contribution in [0.2, 0.25) is 0 Å². The number of hydrogen-bond donors (Lipinski definition) is 2. The summed E-state index contributed by atoms with van der Waals surface area (Å²) in [6, 6.07) is 6.32. The molecule has 2 N–H and O–H groups in total. The Labute approximate surface area is 192 Å². The van der Waals surface area contributed by atoms with Crippen molar-refractivity contribution in [2.45, 2.75) is 19.6 Å². The van der Waals surface area contributed by atoms with E-state index in [1.54, 1.807) is 12.1 Å². The minimum Gasteiger partial charge on any atom is -0.484 e. The second kappa shape index (κ2) is 12.5. The van der Waals surface area contributed by atoms with E-state index in [9.17, 15) is 21.6 Å². The summed E-state index contributed by atoms with van der Waals surface area (Å²) in [6.45, 7) is 4.08. The fourth-order valence-corrected chi connectivity index (χ4v) is 3.95. The molecule has 30 heavy (non-hydrogen) atoms. The van der Waals surface area contributed by atoms with Crippen molar-refractivity contribution in [2.24, 2.45) is 4.99 Å². The van der Waals surface area contributed by atoms with E-state index in [1.807, 2.05) is 6.92 Å². The molecule has 0 atom stereocenters. The lowest BCUT2D eigenvalue weighted by atomic mass is 10.2. The van der Waals surface area contributed by atoms with Crippen LogP contribution in [0.25, 0.3) is 0 Å². The van der Waals surface area contributed by atoms with E-state index in [2.05, 4.69) is 25.3 Å². The molecule has 0 bridgehead atoms. The number of hydrogen-bond acceptors (Lipinski definition) is 5. The lowest BCUT2D eigenvalue weighted by Gasteiger charge is -2.26. The first-order valence-corrected chi connectivity index (χ1v) is 11.2. The third-order valence-corrected chi connectivity index (χ3v) is 5.86. The number of rotatable bonds is 8. The zero-order chi connectivity index (χ0) is 21.3. The molecule has 0 unspecified atom stereocenters. The zero-order valence-corrected chi connectivity index (χ0v) is 19.9. The molecule has 0 aromatic heterocycles. The number of aliphatic imine (C=N–C) groups is 1. The van der Waals surface area contributed by atoms with Crippen LogP contribution in [0.4, 0.5) is 13.2 Å². The average Bonchev–Trinajstić information content (AvgIpc) is 2.66. The quantitative estimate of drug-likeness (QED) is 0.286. The van der Waals surface area contributed by atoms with Crippen molar-refractivity contribution < 1.29 is 26.3 Å². The number of sulfone groups is 1. The number of guanidine groups is 1. The smallest absolute Gasteiger partial charge is 0.422 e. The number of halogens is 4. The number of nitrogens with zero attached hydrogens (tertiary/aromatic N) is 2. The molecule has 1 aliphatic rings. The Morgan fingerprint density at radius 3 is 2.37 bits per heavy atom. The molecule has 7 nitrogen and oxygen atoms in total. The highest BCUT2D eigenvalue weighted by atomic mass is 127. The van der Waals surface area contributed by atoms with Gasteiger partial charge in [-0.15, -0.1) is 24.0 Å². The Hall–Kier alpha value is -1.28. The highest BCUT2D eigenvalue weighted by Crippen LogP contribution is 2.19. The number of alkyl halides is 3. The van der Waals surface area contributed by atoms with Crippen molar-refractivity contribution in [3.63, 3.8) is 0 Å². The van der Waals surface area contributed by atoms with Crippen LogP contribution in [0.5, 0.6) is 5.75 Å². The van der Waals surface area contributed by atoms with Crippen LogP contribution < -0.4 is 15.4 Å². The van der Waals surface area contributed by atoms with Crippen molar-refractivity contribution in [3.05, 3.63) is 29.8 Å². The molecule has 1 aliphatic heterocycles. The van der Waals surface area contributed by atoms with E-state index in [-0.39, 0.29) is 41.2 Å². The van der Waals surface area contributed by atoms with Gasteiger partial charge >= 0.3 is 6.18 Å². The van der Waals surface area contributed by atoms with Crippen molar-refractivity contribution >= 4 is 39.8 Å². The Kier molecular flexibility index (Phi) is 11.2. The summed E-state index contributed by atoms with van der Waals surface area (Å²) < 4.78 is 64.1. The number of benzene rings is 1. The number of nitrogens with one attached hydrogen (secondary N) is 2. The van der Waals surface area contributed by atoms with Gasteiger partial charge in [0.2, 0.25) is 0 Å². The predicted octanol–water partition coefficient (Wildman–Crippen LogP) is 2.03. The summed E-state index contributed by atoms with van der Waals surface area (Å²) in [5.41, 5.74) is 0.836. The predicted molar refractivity (Wildman–Crippen MR) is 121 cm³/mol. The molecule has 172 valence electrons. The van der Waals surface area contributed by atoms with Gasteiger partial charge in [-0.1, -0.05) is 12.1 Å². The average molecular weight is 564 g/mol. The second-order valence-corrected chi connectivity index (χ2v) is 8.97. The molecule has 0 spiro atoms. The minimum atomic E-state index is -4.36. The van der Waals surface area contributed by atoms with E-state index in [4.69, 9.17) is 0 Å². The SMILES string of the molecule is CCNC(=NCc1ccc(OCC(F)(F)F)cc1)NCCN1CCS(=O)(=O)CC1.I. The van der Waals surface area contributed by atoms with Crippen LogP contribution in [-0.4, -0.2) is 76.3 Å². The molecule has 1 heterocycles. The van der Waals surface area contributed by atoms with Gasteiger partial charge in [0.15, 0.2) is 22.4 Å². The van der Waals surface area contributed by atoms with Crippen LogP contribution in [-0.2, 0) is 16.4 Å². The molecular formula is C18H28F3IN4O3S. The Morgan fingerprint density at radius 1 is 1.17 bits per heavy atom. The topological polar surface area (TPSA) is 83.0 Å². The molecule has 0 saturated carbocycles. The van der Waals surface area contributed by atoms with Crippen LogP contribution in [0.3, 0.4) is 0 Å². The molecule has 1 fully saturated rings. The molecule has 1 saturated heterocycles. The van der Waals surface area contributed by atoms with E-state index >= 15 is 0 Å². The van der Waals surface area contributed by atoms with Gasteiger partial charge in [-0.2, -0.15) is 13.2 Å². The summed E-state index contributed by atoms with van der Waals surface area (Å²) >= 11 is 0. The Balaban J connectivity index is 0.00000450. The normalized spacial score (nSPS) is 17.1. The van der Waals surface area contributed by atoms with Gasteiger partial charge in [0.05, 0.1) is 18.1 Å². The van der Waals surface area contributed by atoms with Crippen LogP contribution in [0.1, 0.15) is 12.5 Å². The highest BCUT2D eigenvalue weighted by molar-refractivity contribution is 14.0. The summed E-state index contributed by atoms with van der Waals surface area (Å²) in [5, 5.41) is 6.33. The minimum absolute atomic E-state index is 0. The first-order chi connectivity index (χ1) is 13.7. The maximum atomic E-state index is 12.2. The molecule has 1 aromatic rings. The molecule has 12 heteroatoms. The molecule has 0 radical (unpaired) electrons. The van der Waals surface area contributed by atoms with Crippen molar-refractivity contribution in [1.29, 1.82) is 0 Å². The standard InChI is InChI=1S/C18H27F3N4O3S.HI/c1-2-22-17(23-7-8-25-9-11-29(26,27)12-10-25)24-13-15-3-5-16(6-4-15)28-14-18(19,20)21;/h3-6H,2,7-14H2,1H3,(H2,22,23,24);1H. The fraction of sp³-hybridized carbons (Fsp3) is 0.611. The van der Waals surface area contributed by atoms with Crippen molar-refractivity contribution in [2.75, 3.05) is 50.8 Å². The van der Waals surface area contributed by atoms with Crippen molar-refractivity contribution in [1.82, 2.24) is 15.5 Å². The van der Waals surface area contributed by atoms with Gasteiger partial charge < -0.3 is 15.4 Å². The van der Waals surface area contributed by atoms with Gasteiger partial charge in [0.1, 0.15) is 5.75 Å². The van der Waals surface area contributed by atoms with Crippen LogP contribution in [0, 0.1) is 0 Å². The maximum Gasteiger partial charge on any atom is 0.422 e. The van der Waals surface area contributed by atoms with Crippen LogP contribution >= 0.6 is 24.0 Å². The zero-order valence-electron chi connectivity index (χ0n) is 16.7. The number of ether oxygens (including phenoxy) is 1. The van der Waals surface area contributed by atoms with E-state index in [0.29, 0.717) is 45.2 Å². The van der Waals surface area contributed by atoms with Gasteiger partial charge in [0, 0.05) is 32.7 Å². The maximum absolute atomic E-state index is 12.2. The Morgan fingerprint density at radius 2 is 1.80 bits per heavy atom. The second-order valence-electron chi connectivity index (χ2n) is 6.66. The monoisotopic (exact) mass is 564 g/mol. The van der Waals surface area contributed by atoms with Crippen LogP contribution in [0.15, 0.2) is 29.3 Å². The van der Waals surface area contributed by atoms with Gasteiger partial charge in [0.25, 0.3) is 0 Å². The van der Waals surface area contributed by atoms with E-state index in [0.717, 1.165) is 5.56 Å².